The largest absolute Gasteiger partial charge is 0.508 e. The average molecular weight is 509 g/mol. The van der Waals surface area contributed by atoms with Gasteiger partial charge in [-0.05, 0) is 79.6 Å². The summed E-state index contributed by atoms with van der Waals surface area (Å²) < 4.78 is 42.2. The van der Waals surface area contributed by atoms with Crippen LogP contribution in [0.25, 0.3) is 0 Å². The van der Waals surface area contributed by atoms with Gasteiger partial charge < -0.3 is 5.11 Å². The lowest BCUT2D eigenvalue weighted by Crippen LogP contribution is -2.47. The van der Waals surface area contributed by atoms with Gasteiger partial charge in [-0.25, -0.2) is 12.8 Å². The smallest absolute Gasteiger partial charge is 0.264 e. The Morgan fingerprint density at radius 2 is 1.55 bits per heavy atom. The fourth-order valence-corrected chi connectivity index (χ4v) is 6.12. The van der Waals surface area contributed by atoms with E-state index in [4.69, 9.17) is 23.2 Å². The molecule has 1 heterocycles. The molecule has 9 heteroatoms. The molecule has 1 aliphatic rings. The van der Waals surface area contributed by atoms with Gasteiger partial charge in [0.1, 0.15) is 11.6 Å². The summed E-state index contributed by atoms with van der Waals surface area (Å²) in [4.78, 5) is 2.28. The van der Waals surface area contributed by atoms with Crippen molar-refractivity contribution >= 4 is 38.9 Å². The maximum Gasteiger partial charge on any atom is 0.264 e. The van der Waals surface area contributed by atoms with Crippen molar-refractivity contribution in [3.05, 3.63) is 88.2 Å². The quantitative estimate of drug-likeness (QED) is 0.463. The number of phenolic OH excluding ortho intramolecular Hbond substituents is 1. The molecule has 0 bridgehead atoms. The van der Waals surface area contributed by atoms with Crippen molar-refractivity contribution in [3.63, 3.8) is 0 Å². The number of hydrogen-bond acceptors (Lipinski definition) is 4. The molecular formula is C24H23Cl2FN2O3S. The van der Waals surface area contributed by atoms with Crippen LogP contribution in [0.3, 0.4) is 0 Å². The van der Waals surface area contributed by atoms with E-state index >= 15 is 0 Å². The first-order valence-electron chi connectivity index (χ1n) is 10.5. The Kier molecular flexibility index (Phi) is 7.14. The molecule has 0 radical (unpaired) electrons. The lowest BCUT2D eigenvalue weighted by atomic mass is 10.0. The van der Waals surface area contributed by atoms with E-state index in [9.17, 15) is 17.9 Å². The third-order valence-corrected chi connectivity index (χ3v) is 8.16. The van der Waals surface area contributed by atoms with Crippen LogP contribution in [0.1, 0.15) is 18.4 Å². The van der Waals surface area contributed by atoms with Crippen LogP contribution >= 0.6 is 23.2 Å². The predicted octanol–water partition coefficient (Wildman–Crippen LogP) is 5.70. The molecule has 5 nitrogen and oxygen atoms in total. The van der Waals surface area contributed by atoms with E-state index in [2.05, 4.69) is 4.90 Å². The highest BCUT2D eigenvalue weighted by Crippen LogP contribution is 2.32. The SMILES string of the molecule is O=S(=O)(c1ccc(Cl)cc1)N(c1ccc(F)cc1)C1CCN(Cc2cc(Cl)ccc2O)CC1. The van der Waals surface area contributed by atoms with Gasteiger partial charge in [0, 0.05) is 41.3 Å². The van der Waals surface area contributed by atoms with Crippen molar-refractivity contribution in [1.82, 2.24) is 4.90 Å². The van der Waals surface area contributed by atoms with Crippen LogP contribution in [-0.4, -0.2) is 37.6 Å². The fourth-order valence-electron chi connectivity index (χ4n) is 4.09. The first-order chi connectivity index (χ1) is 15.7. The van der Waals surface area contributed by atoms with Crippen LogP contribution in [0.4, 0.5) is 10.1 Å². The van der Waals surface area contributed by atoms with Gasteiger partial charge in [0.15, 0.2) is 0 Å². The topological polar surface area (TPSA) is 60.9 Å². The minimum Gasteiger partial charge on any atom is -0.508 e. The summed E-state index contributed by atoms with van der Waals surface area (Å²) in [5.74, 6) is -0.251. The van der Waals surface area contributed by atoms with Crippen molar-refractivity contribution in [2.24, 2.45) is 0 Å². The molecule has 1 fully saturated rings. The van der Waals surface area contributed by atoms with Crippen LogP contribution in [0.15, 0.2) is 71.6 Å². The van der Waals surface area contributed by atoms with Crippen molar-refractivity contribution in [1.29, 1.82) is 0 Å². The van der Waals surface area contributed by atoms with E-state index in [1.807, 2.05) is 0 Å². The number of aromatic hydroxyl groups is 1. The van der Waals surface area contributed by atoms with Gasteiger partial charge in [-0.15, -0.1) is 0 Å². The Bertz CT molecular complexity index is 1210. The Morgan fingerprint density at radius 3 is 2.18 bits per heavy atom. The second-order valence-electron chi connectivity index (χ2n) is 8.01. The van der Waals surface area contributed by atoms with Gasteiger partial charge in [0.25, 0.3) is 10.0 Å². The van der Waals surface area contributed by atoms with Gasteiger partial charge in [-0.2, -0.15) is 0 Å². The number of benzene rings is 3. The van der Waals surface area contributed by atoms with E-state index < -0.39 is 15.8 Å². The Balaban J connectivity index is 1.57. The predicted molar refractivity (Wildman–Crippen MR) is 129 cm³/mol. The summed E-state index contributed by atoms with van der Waals surface area (Å²) in [5.41, 5.74) is 1.14. The number of anilines is 1. The van der Waals surface area contributed by atoms with Gasteiger partial charge in [0.05, 0.1) is 10.6 Å². The van der Waals surface area contributed by atoms with Crippen LogP contribution in [0.5, 0.6) is 5.75 Å². The molecule has 1 N–H and O–H groups in total. The number of phenols is 1. The zero-order valence-electron chi connectivity index (χ0n) is 17.7. The number of piperidine rings is 1. The minimum absolute atomic E-state index is 0.127. The molecule has 0 atom stereocenters. The molecule has 4 rings (SSSR count). The normalized spacial score (nSPS) is 15.5. The standard InChI is InChI=1S/C24H23Cl2FN2O3S/c25-18-1-8-23(9-2-18)33(31,32)29(21-6-4-20(27)5-7-21)22-11-13-28(14-12-22)16-17-15-19(26)3-10-24(17)30/h1-10,15,22,30H,11-14,16H2. The Hall–Kier alpha value is -2.32. The minimum atomic E-state index is -3.90. The summed E-state index contributed by atoms with van der Waals surface area (Å²) in [6.07, 6.45) is 1.15. The average Bonchev–Trinajstić information content (AvgIpc) is 2.79. The Morgan fingerprint density at radius 1 is 0.939 bits per heavy atom. The van der Waals surface area contributed by atoms with Crippen LogP contribution in [0, 0.1) is 5.82 Å². The van der Waals surface area contributed by atoms with Gasteiger partial charge in [-0.1, -0.05) is 23.2 Å². The first-order valence-corrected chi connectivity index (χ1v) is 12.7. The fraction of sp³-hybridized carbons (Fsp3) is 0.250. The molecule has 0 aromatic heterocycles. The van der Waals surface area contributed by atoms with Gasteiger partial charge in [-0.3, -0.25) is 9.21 Å². The summed E-state index contributed by atoms with van der Waals surface area (Å²) in [5, 5.41) is 11.1. The molecule has 0 saturated carbocycles. The lowest BCUT2D eigenvalue weighted by Gasteiger charge is -2.39. The molecular weight excluding hydrogens is 486 g/mol. The highest BCUT2D eigenvalue weighted by atomic mass is 35.5. The van der Waals surface area contributed by atoms with Crippen LogP contribution in [-0.2, 0) is 16.6 Å². The molecule has 33 heavy (non-hydrogen) atoms. The molecule has 0 amide bonds. The number of sulfonamides is 1. The van der Waals surface area contributed by atoms with Gasteiger partial charge in [0.2, 0.25) is 0 Å². The summed E-state index contributed by atoms with van der Waals surface area (Å²) >= 11 is 12.0. The third-order valence-electron chi connectivity index (χ3n) is 5.78. The van der Waals surface area contributed by atoms with E-state index in [-0.39, 0.29) is 16.7 Å². The van der Waals surface area contributed by atoms with Crippen LogP contribution < -0.4 is 4.31 Å². The molecule has 1 aliphatic heterocycles. The molecule has 0 unspecified atom stereocenters. The van der Waals surface area contributed by atoms with E-state index in [0.29, 0.717) is 48.2 Å². The summed E-state index contributed by atoms with van der Waals surface area (Å²) in [7, 11) is -3.90. The summed E-state index contributed by atoms with van der Waals surface area (Å²) in [6, 6.07) is 16.2. The van der Waals surface area contributed by atoms with Gasteiger partial charge >= 0.3 is 0 Å². The lowest BCUT2D eigenvalue weighted by molar-refractivity contribution is 0.204. The number of likely N-dealkylation sites (tertiary alicyclic amines) is 1. The second-order valence-corrected chi connectivity index (χ2v) is 10.7. The number of nitrogens with zero attached hydrogens (tertiary/aromatic N) is 2. The highest BCUT2D eigenvalue weighted by Gasteiger charge is 2.34. The highest BCUT2D eigenvalue weighted by molar-refractivity contribution is 7.92. The van der Waals surface area contributed by atoms with Crippen LogP contribution in [0.2, 0.25) is 10.0 Å². The maximum atomic E-state index is 13.6. The van der Waals surface area contributed by atoms with E-state index in [1.165, 1.54) is 52.8 Å². The maximum absolute atomic E-state index is 13.6. The van der Waals surface area contributed by atoms with Crippen molar-refractivity contribution in [2.45, 2.75) is 30.3 Å². The van der Waals surface area contributed by atoms with E-state index in [1.54, 1.807) is 18.2 Å². The molecule has 0 spiro atoms. The number of halogens is 3. The van der Waals surface area contributed by atoms with E-state index in [0.717, 1.165) is 5.56 Å². The molecule has 1 saturated heterocycles. The zero-order valence-corrected chi connectivity index (χ0v) is 20.0. The van der Waals surface area contributed by atoms with Crippen molar-refractivity contribution < 1.29 is 17.9 Å². The number of rotatable bonds is 6. The second kappa shape index (κ2) is 9.89. The molecule has 0 aliphatic carbocycles. The Labute approximate surface area is 203 Å². The molecule has 3 aromatic carbocycles. The first kappa shape index (κ1) is 23.8. The van der Waals surface area contributed by atoms with Crippen molar-refractivity contribution in [2.75, 3.05) is 17.4 Å². The molecule has 3 aromatic rings. The third kappa shape index (κ3) is 5.44. The monoisotopic (exact) mass is 508 g/mol. The van der Waals surface area contributed by atoms with Crippen molar-refractivity contribution in [3.8, 4) is 5.75 Å². The summed E-state index contributed by atoms with van der Waals surface area (Å²) in [6.45, 7) is 1.77. The number of hydrogen-bond donors (Lipinski definition) is 1. The molecule has 174 valence electrons. The zero-order chi connectivity index (χ0) is 23.6.